The van der Waals surface area contributed by atoms with Crippen molar-refractivity contribution in [3.63, 3.8) is 0 Å². The Bertz CT molecular complexity index is 169. The summed E-state index contributed by atoms with van der Waals surface area (Å²) in [5, 5.41) is 19.5. The van der Waals surface area contributed by atoms with E-state index in [4.69, 9.17) is 10.2 Å². The van der Waals surface area contributed by atoms with Gasteiger partial charge in [0.1, 0.15) is 11.8 Å². The Morgan fingerprint density at radius 3 is 2.42 bits per heavy atom. The maximum Gasteiger partial charge on any atom is 0.321 e. The molecule has 70 valence electrons. The standard InChI is InChI=1S/C7H13NO4/c1-5(10)4-6(7(11)12)8-2-3-9/h6,8-9H,2-4H2,1H3,(H,11,12). The predicted molar refractivity (Wildman–Crippen MR) is 41.8 cm³/mol. The van der Waals surface area contributed by atoms with Crippen molar-refractivity contribution in [3.8, 4) is 0 Å². The minimum Gasteiger partial charge on any atom is -0.480 e. The van der Waals surface area contributed by atoms with E-state index in [1.54, 1.807) is 0 Å². The molecule has 12 heavy (non-hydrogen) atoms. The summed E-state index contributed by atoms with van der Waals surface area (Å²) in [5.74, 6) is -1.26. The minimum atomic E-state index is -1.07. The molecule has 0 aromatic rings. The van der Waals surface area contributed by atoms with Crippen LogP contribution < -0.4 is 5.32 Å². The van der Waals surface area contributed by atoms with Crippen LogP contribution in [0, 0.1) is 0 Å². The molecular formula is C7H13NO4. The van der Waals surface area contributed by atoms with Crippen molar-refractivity contribution in [1.82, 2.24) is 5.32 Å². The first-order valence-electron chi connectivity index (χ1n) is 3.64. The van der Waals surface area contributed by atoms with Gasteiger partial charge in [0.05, 0.1) is 6.61 Å². The van der Waals surface area contributed by atoms with E-state index in [2.05, 4.69) is 5.32 Å². The second kappa shape index (κ2) is 5.68. The van der Waals surface area contributed by atoms with Crippen molar-refractivity contribution in [2.75, 3.05) is 13.2 Å². The molecule has 0 amide bonds. The van der Waals surface area contributed by atoms with Crippen LogP contribution in [0.3, 0.4) is 0 Å². The lowest BCUT2D eigenvalue weighted by molar-refractivity contribution is -0.141. The molecule has 0 aromatic carbocycles. The lowest BCUT2D eigenvalue weighted by atomic mass is 10.1. The third-order valence-corrected chi connectivity index (χ3v) is 1.29. The van der Waals surface area contributed by atoms with Gasteiger partial charge in [-0.3, -0.25) is 9.59 Å². The maximum absolute atomic E-state index is 10.6. The maximum atomic E-state index is 10.6. The van der Waals surface area contributed by atoms with Crippen LogP contribution in [0.15, 0.2) is 0 Å². The molecule has 0 aromatic heterocycles. The van der Waals surface area contributed by atoms with E-state index in [1.807, 2.05) is 0 Å². The molecule has 0 heterocycles. The largest absolute Gasteiger partial charge is 0.480 e. The van der Waals surface area contributed by atoms with Gasteiger partial charge in [-0.1, -0.05) is 0 Å². The number of hydrogen-bond acceptors (Lipinski definition) is 4. The number of carboxylic acids is 1. The summed E-state index contributed by atoms with van der Waals surface area (Å²) in [7, 11) is 0. The van der Waals surface area contributed by atoms with Crippen LogP contribution in [0.5, 0.6) is 0 Å². The summed E-state index contributed by atoms with van der Waals surface area (Å²) in [6.45, 7) is 1.38. The van der Waals surface area contributed by atoms with Crippen LogP contribution in [0.2, 0.25) is 0 Å². The molecule has 0 aliphatic rings. The zero-order valence-corrected chi connectivity index (χ0v) is 6.91. The first kappa shape index (κ1) is 11.1. The molecule has 1 atom stereocenters. The molecule has 0 spiro atoms. The average molecular weight is 175 g/mol. The van der Waals surface area contributed by atoms with E-state index in [1.165, 1.54) is 6.92 Å². The molecule has 0 rings (SSSR count). The zero-order valence-electron chi connectivity index (χ0n) is 6.91. The second-order valence-corrected chi connectivity index (χ2v) is 2.47. The number of ketones is 1. The van der Waals surface area contributed by atoms with E-state index in [0.29, 0.717) is 0 Å². The molecule has 0 aliphatic heterocycles. The van der Waals surface area contributed by atoms with E-state index < -0.39 is 12.0 Å². The normalized spacial score (nSPS) is 12.5. The molecule has 3 N–H and O–H groups in total. The van der Waals surface area contributed by atoms with Gasteiger partial charge >= 0.3 is 5.97 Å². The summed E-state index contributed by atoms with van der Waals surface area (Å²) in [6.07, 6.45) is -0.0463. The highest BCUT2D eigenvalue weighted by Gasteiger charge is 2.17. The van der Waals surface area contributed by atoms with Gasteiger partial charge in [-0.15, -0.1) is 0 Å². The Hall–Kier alpha value is -0.940. The zero-order chi connectivity index (χ0) is 9.56. The van der Waals surface area contributed by atoms with Crippen LogP contribution >= 0.6 is 0 Å². The SMILES string of the molecule is CC(=O)CC(NCCO)C(=O)O. The van der Waals surface area contributed by atoms with Crippen LogP contribution in [0.4, 0.5) is 0 Å². The highest BCUT2D eigenvalue weighted by Crippen LogP contribution is 1.92. The molecule has 1 unspecified atom stereocenters. The number of aliphatic carboxylic acids is 1. The van der Waals surface area contributed by atoms with Gasteiger partial charge < -0.3 is 15.5 Å². The molecule has 0 saturated carbocycles. The summed E-state index contributed by atoms with van der Waals surface area (Å²) >= 11 is 0. The lowest BCUT2D eigenvalue weighted by Crippen LogP contribution is -2.39. The Balaban J connectivity index is 3.87. The highest BCUT2D eigenvalue weighted by molar-refractivity contribution is 5.84. The number of carboxylic acid groups (broad SMARTS) is 1. The fraction of sp³-hybridized carbons (Fsp3) is 0.714. The third kappa shape index (κ3) is 4.81. The average Bonchev–Trinajstić information content (AvgIpc) is 1.96. The van der Waals surface area contributed by atoms with Crippen molar-refractivity contribution in [2.24, 2.45) is 0 Å². The Morgan fingerprint density at radius 2 is 2.08 bits per heavy atom. The van der Waals surface area contributed by atoms with E-state index >= 15 is 0 Å². The van der Waals surface area contributed by atoms with E-state index in [0.717, 1.165) is 0 Å². The summed E-state index contributed by atoms with van der Waals surface area (Å²) in [6, 6.07) is -0.880. The van der Waals surface area contributed by atoms with Gasteiger partial charge in [0.15, 0.2) is 0 Å². The van der Waals surface area contributed by atoms with Crippen LogP contribution in [0.25, 0.3) is 0 Å². The van der Waals surface area contributed by atoms with Crippen molar-refractivity contribution >= 4 is 11.8 Å². The van der Waals surface area contributed by atoms with E-state index in [-0.39, 0.29) is 25.4 Å². The fourth-order valence-corrected chi connectivity index (χ4v) is 0.773. The van der Waals surface area contributed by atoms with Crippen LogP contribution in [-0.2, 0) is 9.59 Å². The molecule has 0 aliphatic carbocycles. The van der Waals surface area contributed by atoms with Gasteiger partial charge in [0, 0.05) is 13.0 Å². The molecule has 0 fully saturated rings. The molecule has 0 saturated heterocycles. The number of carbonyl (C=O) groups excluding carboxylic acids is 1. The number of aliphatic hydroxyl groups is 1. The molecule has 0 bridgehead atoms. The minimum absolute atomic E-state index is 0.0463. The molecule has 0 radical (unpaired) electrons. The van der Waals surface area contributed by atoms with Gasteiger partial charge in [-0.2, -0.15) is 0 Å². The van der Waals surface area contributed by atoms with Gasteiger partial charge in [-0.05, 0) is 6.92 Å². The van der Waals surface area contributed by atoms with Gasteiger partial charge in [0.2, 0.25) is 0 Å². The third-order valence-electron chi connectivity index (χ3n) is 1.29. The first-order chi connectivity index (χ1) is 5.57. The Kier molecular flexibility index (Phi) is 5.23. The van der Waals surface area contributed by atoms with Crippen molar-refractivity contribution in [1.29, 1.82) is 0 Å². The van der Waals surface area contributed by atoms with Gasteiger partial charge in [-0.25, -0.2) is 0 Å². The molecule has 5 nitrogen and oxygen atoms in total. The number of aliphatic hydroxyl groups excluding tert-OH is 1. The Labute approximate surface area is 70.4 Å². The second-order valence-electron chi connectivity index (χ2n) is 2.47. The predicted octanol–water partition coefficient (Wildman–Crippen LogP) is -0.999. The summed E-state index contributed by atoms with van der Waals surface area (Å²) in [4.78, 5) is 21.0. The number of carbonyl (C=O) groups is 2. The monoisotopic (exact) mass is 175 g/mol. The number of nitrogens with one attached hydrogen (secondary N) is 1. The molecule has 5 heteroatoms. The van der Waals surface area contributed by atoms with Crippen LogP contribution in [0.1, 0.15) is 13.3 Å². The number of rotatable bonds is 6. The Morgan fingerprint density at radius 1 is 1.50 bits per heavy atom. The number of Topliss-reactive ketones (excluding diaryl/α,β-unsaturated/α-hetero) is 1. The quantitative estimate of drug-likeness (QED) is 0.482. The van der Waals surface area contributed by atoms with Crippen LogP contribution in [-0.4, -0.2) is 41.2 Å². The van der Waals surface area contributed by atoms with Crippen molar-refractivity contribution < 1.29 is 19.8 Å². The van der Waals surface area contributed by atoms with Crippen molar-refractivity contribution in [2.45, 2.75) is 19.4 Å². The highest BCUT2D eigenvalue weighted by atomic mass is 16.4. The summed E-state index contributed by atoms with van der Waals surface area (Å²) < 4.78 is 0. The first-order valence-corrected chi connectivity index (χ1v) is 3.64. The topological polar surface area (TPSA) is 86.6 Å². The van der Waals surface area contributed by atoms with E-state index in [9.17, 15) is 9.59 Å². The molecular weight excluding hydrogens is 162 g/mol. The smallest absolute Gasteiger partial charge is 0.321 e. The van der Waals surface area contributed by atoms with Gasteiger partial charge in [0.25, 0.3) is 0 Å². The summed E-state index contributed by atoms with van der Waals surface area (Å²) in [5.41, 5.74) is 0. The number of hydrogen-bond donors (Lipinski definition) is 3. The fourth-order valence-electron chi connectivity index (χ4n) is 0.773. The lowest BCUT2D eigenvalue weighted by Gasteiger charge is -2.10. The van der Waals surface area contributed by atoms with Crippen molar-refractivity contribution in [3.05, 3.63) is 0 Å².